The van der Waals surface area contributed by atoms with Gasteiger partial charge in [-0.2, -0.15) is 0 Å². The van der Waals surface area contributed by atoms with Gasteiger partial charge in [-0.1, -0.05) is 0 Å². The summed E-state index contributed by atoms with van der Waals surface area (Å²) < 4.78 is 0. The number of carbonyl (C=O) groups excluding carboxylic acids is 1. The molecular formula is C10H19N3O. The molecule has 0 unspecified atom stereocenters. The first-order valence-electron chi connectivity index (χ1n) is 5.46. The summed E-state index contributed by atoms with van der Waals surface area (Å²) >= 11 is 0. The number of hydrogen-bond donors (Lipinski definition) is 1. The predicted molar refractivity (Wildman–Crippen MR) is 55.0 cm³/mol. The maximum atomic E-state index is 11.7. The molecule has 0 spiro atoms. The fourth-order valence-electron chi connectivity index (χ4n) is 2.42. The van der Waals surface area contributed by atoms with Crippen LogP contribution in [0.2, 0.25) is 0 Å². The van der Waals surface area contributed by atoms with Crippen molar-refractivity contribution >= 4 is 6.03 Å². The van der Waals surface area contributed by atoms with Gasteiger partial charge in [0.1, 0.15) is 0 Å². The van der Waals surface area contributed by atoms with E-state index in [0.717, 1.165) is 38.8 Å². The summed E-state index contributed by atoms with van der Waals surface area (Å²) in [5.74, 6) is 0. The summed E-state index contributed by atoms with van der Waals surface area (Å²) in [4.78, 5) is 15.5. The molecule has 1 aliphatic heterocycles. The van der Waals surface area contributed by atoms with Crippen molar-refractivity contribution in [3.63, 3.8) is 0 Å². The van der Waals surface area contributed by atoms with Gasteiger partial charge in [-0.3, -0.25) is 0 Å². The zero-order valence-corrected chi connectivity index (χ0v) is 8.78. The number of likely N-dealkylation sites (N-methyl/N-ethyl adjacent to an activating group) is 1. The Balaban J connectivity index is 1.93. The van der Waals surface area contributed by atoms with E-state index in [0.29, 0.717) is 12.1 Å². The van der Waals surface area contributed by atoms with Crippen LogP contribution in [0, 0.1) is 0 Å². The van der Waals surface area contributed by atoms with Crippen LogP contribution in [0.3, 0.4) is 0 Å². The molecule has 0 radical (unpaired) electrons. The lowest BCUT2D eigenvalue weighted by Crippen LogP contribution is -2.42. The molecule has 4 nitrogen and oxygen atoms in total. The van der Waals surface area contributed by atoms with E-state index in [1.54, 1.807) is 4.90 Å². The number of nitrogens with two attached hydrogens (primary N) is 1. The third-order valence-corrected chi connectivity index (χ3v) is 3.43. The Morgan fingerprint density at radius 1 is 1.21 bits per heavy atom. The quantitative estimate of drug-likeness (QED) is 0.670. The molecule has 2 N–H and O–H groups in total. The van der Waals surface area contributed by atoms with Crippen LogP contribution in [-0.4, -0.2) is 48.1 Å². The van der Waals surface area contributed by atoms with Gasteiger partial charge in [0.25, 0.3) is 0 Å². The second-order valence-electron chi connectivity index (χ2n) is 4.47. The van der Waals surface area contributed by atoms with Gasteiger partial charge in [0.2, 0.25) is 0 Å². The summed E-state index contributed by atoms with van der Waals surface area (Å²) in [6.07, 6.45) is 4.30. The summed E-state index contributed by atoms with van der Waals surface area (Å²) in [5.41, 5.74) is 5.84. The number of urea groups is 1. The largest absolute Gasteiger partial charge is 0.328 e. The summed E-state index contributed by atoms with van der Waals surface area (Å²) in [6, 6.07) is 1.01. The molecule has 1 saturated carbocycles. The zero-order chi connectivity index (χ0) is 10.1. The van der Waals surface area contributed by atoms with Crippen molar-refractivity contribution in [2.75, 3.05) is 20.1 Å². The molecular weight excluding hydrogens is 178 g/mol. The van der Waals surface area contributed by atoms with E-state index in [1.807, 2.05) is 11.9 Å². The van der Waals surface area contributed by atoms with Crippen LogP contribution in [0.15, 0.2) is 0 Å². The highest BCUT2D eigenvalue weighted by Gasteiger charge is 2.33. The lowest BCUT2D eigenvalue weighted by Gasteiger charge is -2.32. The van der Waals surface area contributed by atoms with Gasteiger partial charge in [-0.15, -0.1) is 0 Å². The maximum absolute atomic E-state index is 11.7. The van der Waals surface area contributed by atoms with Crippen molar-refractivity contribution in [2.24, 2.45) is 5.73 Å². The van der Waals surface area contributed by atoms with Gasteiger partial charge < -0.3 is 15.5 Å². The van der Waals surface area contributed by atoms with Crippen molar-refractivity contribution in [3.05, 3.63) is 0 Å². The van der Waals surface area contributed by atoms with Gasteiger partial charge in [-0.05, 0) is 25.7 Å². The molecule has 0 atom stereocenters. The standard InChI is InChI=1S/C10H19N3O/c1-12-6-7-13(10(12)14)9-4-2-8(11)3-5-9/h8-9H,2-7,11H2,1H3/t8-,9+. The first kappa shape index (κ1) is 9.77. The smallest absolute Gasteiger partial charge is 0.320 e. The fraction of sp³-hybridized carbons (Fsp3) is 0.900. The maximum Gasteiger partial charge on any atom is 0.320 e. The van der Waals surface area contributed by atoms with E-state index >= 15 is 0 Å². The number of nitrogens with zero attached hydrogens (tertiary/aromatic N) is 2. The van der Waals surface area contributed by atoms with Crippen molar-refractivity contribution < 1.29 is 4.79 Å². The van der Waals surface area contributed by atoms with Crippen molar-refractivity contribution in [3.8, 4) is 0 Å². The van der Waals surface area contributed by atoms with Gasteiger partial charge >= 0.3 is 6.03 Å². The second kappa shape index (κ2) is 3.77. The molecule has 0 aromatic carbocycles. The minimum atomic E-state index is 0.200. The monoisotopic (exact) mass is 197 g/mol. The highest BCUT2D eigenvalue weighted by Crippen LogP contribution is 2.24. The fourth-order valence-corrected chi connectivity index (χ4v) is 2.42. The Morgan fingerprint density at radius 3 is 2.36 bits per heavy atom. The summed E-state index contributed by atoms with van der Waals surface area (Å²) in [5, 5.41) is 0. The van der Waals surface area contributed by atoms with Crippen LogP contribution in [0.5, 0.6) is 0 Å². The highest BCUT2D eigenvalue weighted by atomic mass is 16.2. The van der Waals surface area contributed by atoms with Gasteiger partial charge in [0.05, 0.1) is 0 Å². The Kier molecular flexibility index (Phi) is 2.63. The normalized spacial score (nSPS) is 34.0. The minimum Gasteiger partial charge on any atom is -0.328 e. The van der Waals surface area contributed by atoms with E-state index in [9.17, 15) is 4.79 Å². The molecule has 0 aromatic rings. The molecule has 2 aliphatic rings. The van der Waals surface area contributed by atoms with E-state index in [2.05, 4.69) is 0 Å². The van der Waals surface area contributed by atoms with E-state index in [1.165, 1.54) is 0 Å². The lowest BCUT2D eigenvalue weighted by molar-refractivity contribution is 0.164. The van der Waals surface area contributed by atoms with Gasteiger partial charge in [0.15, 0.2) is 0 Å². The van der Waals surface area contributed by atoms with Crippen LogP contribution in [0.1, 0.15) is 25.7 Å². The molecule has 2 fully saturated rings. The number of carbonyl (C=O) groups is 1. The molecule has 2 rings (SSSR count). The highest BCUT2D eigenvalue weighted by molar-refractivity contribution is 5.76. The van der Waals surface area contributed by atoms with Crippen molar-refractivity contribution in [1.29, 1.82) is 0 Å². The average molecular weight is 197 g/mol. The van der Waals surface area contributed by atoms with E-state index in [-0.39, 0.29) is 6.03 Å². The number of hydrogen-bond acceptors (Lipinski definition) is 2. The van der Waals surface area contributed by atoms with E-state index < -0.39 is 0 Å². The Morgan fingerprint density at radius 2 is 1.86 bits per heavy atom. The summed E-state index contributed by atoms with van der Waals surface area (Å²) in [6.45, 7) is 1.77. The first-order chi connectivity index (χ1) is 6.68. The Bertz CT molecular complexity index is 223. The van der Waals surface area contributed by atoms with Crippen molar-refractivity contribution in [1.82, 2.24) is 9.80 Å². The van der Waals surface area contributed by atoms with Crippen LogP contribution in [0.4, 0.5) is 4.79 Å². The van der Waals surface area contributed by atoms with Crippen molar-refractivity contribution in [2.45, 2.75) is 37.8 Å². The first-order valence-corrected chi connectivity index (χ1v) is 5.46. The van der Waals surface area contributed by atoms with Gasteiger partial charge in [-0.25, -0.2) is 4.79 Å². The average Bonchev–Trinajstić information content (AvgIpc) is 2.50. The number of amides is 2. The Hall–Kier alpha value is -0.770. The molecule has 0 bridgehead atoms. The van der Waals surface area contributed by atoms with Gasteiger partial charge in [0, 0.05) is 32.2 Å². The number of rotatable bonds is 1. The molecule has 4 heteroatoms. The van der Waals surface area contributed by atoms with Crippen LogP contribution in [-0.2, 0) is 0 Å². The van der Waals surface area contributed by atoms with Crippen LogP contribution < -0.4 is 5.73 Å². The van der Waals surface area contributed by atoms with Crippen LogP contribution in [0.25, 0.3) is 0 Å². The molecule has 14 heavy (non-hydrogen) atoms. The predicted octanol–water partition coefficient (Wildman–Crippen LogP) is 0.624. The third kappa shape index (κ3) is 1.71. The molecule has 80 valence electrons. The Labute approximate surface area is 85.0 Å². The topological polar surface area (TPSA) is 49.6 Å². The third-order valence-electron chi connectivity index (χ3n) is 3.43. The SMILES string of the molecule is CN1CCN([C@H]2CC[C@@H](N)CC2)C1=O. The second-order valence-corrected chi connectivity index (χ2v) is 4.47. The molecule has 1 aliphatic carbocycles. The lowest BCUT2D eigenvalue weighted by atomic mass is 9.91. The molecule has 2 amide bonds. The molecule has 0 aromatic heterocycles. The minimum absolute atomic E-state index is 0.200. The summed E-state index contributed by atoms with van der Waals surface area (Å²) in [7, 11) is 1.87. The molecule has 1 saturated heterocycles. The zero-order valence-electron chi connectivity index (χ0n) is 8.78. The van der Waals surface area contributed by atoms with Crippen LogP contribution >= 0.6 is 0 Å². The van der Waals surface area contributed by atoms with E-state index in [4.69, 9.17) is 5.73 Å². The molecule has 1 heterocycles.